The summed E-state index contributed by atoms with van der Waals surface area (Å²) in [5, 5.41) is 12.2. The van der Waals surface area contributed by atoms with E-state index in [0.717, 1.165) is 0 Å². The second-order valence-corrected chi connectivity index (χ2v) is 3.60. The quantitative estimate of drug-likeness (QED) is 0.377. The third kappa shape index (κ3) is 4.31. The first-order valence-electron chi connectivity index (χ1n) is 5.60. The smallest absolute Gasteiger partial charge is 0.337 e. The molecule has 0 atom stereocenters. The number of benzene rings is 1. The minimum atomic E-state index is -0.554. The van der Waals surface area contributed by atoms with Crippen molar-refractivity contribution < 1.29 is 19.4 Å². The molecule has 0 aliphatic heterocycles. The molecule has 0 unspecified atom stereocenters. The van der Waals surface area contributed by atoms with Crippen LogP contribution in [0.25, 0.3) is 0 Å². The molecule has 5 nitrogen and oxygen atoms in total. The van der Waals surface area contributed by atoms with E-state index in [9.17, 15) is 14.7 Å². The van der Waals surface area contributed by atoms with Gasteiger partial charge in [-0.2, -0.15) is 0 Å². The van der Waals surface area contributed by atoms with E-state index in [1.54, 1.807) is 18.2 Å². The van der Waals surface area contributed by atoms with E-state index >= 15 is 0 Å². The van der Waals surface area contributed by atoms with Crippen LogP contribution in [-0.4, -0.2) is 24.1 Å². The summed E-state index contributed by atoms with van der Waals surface area (Å²) in [6, 6.07) is 4.12. The number of anilines is 1. The summed E-state index contributed by atoms with van der Waals surface area (Å²) in [4.78, 5) is 22.7. The number of phenols is 1. The first-order chi connectivity index (χ1) is 9.08. The summed E-state index contributed by atoms with van der Waals surface area (Å²) < 4.78 is 4.52. The number of phenolic OH excluding ortho intramolecular Hbond substituents is 1. The van der Waals surface area contributed by atoms with Crippen molar-refractivity contribution in [3.8, 4) is 5.75 Å². The standard InChI is InChI=1S/C14H15NO4/c1-3-4-5-6-13(17)15-11-8-7-10(9-12(11)16)14(18)19-2/h3-9,16H,1-2H3,(H,15,17)/b4-3+,6-5+. The van der Waals surface area contributed by atoms with Crippen molar-refractivity contribution in [2.75, 3.05) is 12.4 Å². The summed E-state index contributed by atoms with van der Waals surface area (Å²) in [5.41, 5.74) is 0.435. The molecule has 0 radical (unpaired) electrons. The van der Waals surface area contributed by atoms with Crippen LogP contribution in [-0.2, 0) is 9.53 Å². The van der Waals surface area contributed by atoms with Gasteiger partial charge >= 0.3 is 5.97 Å². The topological polar surface area (TPSA) is 75.6 Å². The molecule has 0 aliphatic rings. The second kappa shape index (κ2) is 7.00. The van der Waals surface area contributed by atoms with Crippen LogP contribution in [0.4, 0.5) is 5.69 Å². The van der Waals surface area contributed by atoms with Crippen molar-refractivity contribution in [2.45, 2.75) is 6.92 Å². The van der Waals surface area contributed by atoms with E-state index in [1.165, 1.54) is 31.4 Å². The number of methoxy groups -OCH3 is 1. The first-order valence-corrected chi connectivity index (χ1v) is 5.60. The third-order valence-electron chi connectivity index (χ3n) is 2.23. The molecule has 1 rings (SSSR count). The Balaban J connectivity index is 2.80. The minimum absolute atomic E-state index is 0.198. The van der Waals surface area contributed by atoms with E-state index in [1.807, 2.05) is 6.92 Å². The second-order valence-electron chi connectivity index (χ2n) is 3.60. The molecule has 0 fully saturated rings. The molecule has 0 saturated heterocycles. The van der Waals surface area contributed by atoms with E-state index < -0.39 is 5.97 Å². The maximum absolute atomic E-state index is 11.5. The highest BCUT2D eigenvalue weighted by Gasteiger charge is 2.10. The number of esters is 1. The zero-order chi connectivity index (χ0) is 14.3. The van der Waals surface area contributed by atoms with Crippen LogP contribution in [0.3, 0.4) is 0 Å². The van der Waals surface area contributed by atoms with Gasteiger partial charge in [-0.05, 0) is 25.1 Å². The number of aromatic hydroxyl groups is 1. The summed E-state index contributed by atoms with van der Waals surface area (Å²) in [7, 11) is 1.25. The fraction of sp³-hybridized carbons (Fsp3) is 0.143. The maximum atomic E-state index is 11.5. The van der Waals surface area contributed by atoms with E-state index in [4.69, 9.17) is 0 Å². The Morgan fingerprint density at radius 1 is 1.32 bits per heavy atom. The Bertz CT molecular complexity index is 532. The van der Waals surface area contributed by atoms with Gasteiger partial charge in [0, 0.05) is 6.08 Å². The Hall–Kier alpha value is -2.56. The lowest BCUT2D eigenvalue weighted by Crippen LogP contribution is -2.08. The summed E-state index contributed by atoms with van der Waals surface area (Å²) >= 11 is 0. The van der Waals surface area contributed by atoms with Gasteiger partial charge in [-0.1, -0.05) is 18.2 Å². The molecule has 0 heterocycles. The highest BCUT2D eigenvalue weighted by molar-refractivity contribution is 6.01. The molecule has 5 heteroatoms. The lowest BCUT2D eigenvalue weighted by Gasteiger charge is -2.06. The van der Waals surface area contributed by atoms with Crippen molar-refractivity contribution in [3.63, 3.8) is 0 Å². The highest BCUT2D eigenvalue weighted by Crippen LogP contribution is 2.24. The van der Waals surface area contributed by atoms with Crippen molar-refractivity contribution in [1.29, 1.82) is 0 Å². The lowest BCUT2D eigenvalue weighted by molar-refractivity contribution is -0.111. The zero-order valence-electron chi connectivity index (χ0n) is 10.7. The molecule has 0 saturated carbocycles. The van der Waals surface area contributed by atoms with Gasteiger partial charge in [0.15, 0.2) is 0 Å². The van der Waals surface area contributed by atoms with Gasteiger partial charge in [0.2, 0.25) is 5.91 Å². The molecule has 0 aromatic heterocycles. The van der Waals surface area contributed by atoms with Gasteiger partial charge in [0.1, 0.15) is 5.75 Å². The predicted molar refractivity (Wildman–Crippen MR) is 72.0 cm³/mol. The van der Waals surface area contributed by atoms with Crippen molar-refractivity contribution in [3.05, 3.63) is 48.1 Å². The van der Waals surface area contributed by atoms with Crippen molar-refractivity contribution in [2.24, 2.45) is 0 Å². The Morgan fingerprint density at radius 3 is 2.63 bits per heavy atom. The fourth-order valence-electron chi connectivity index (χ4n) is 1.31. The maximum Gasteiger partial charge on any atom is 0.337 e. The predicted octanol–water partition coefficient (Wildman–Crippen LogP) is 2.25. The molecule has 1 aromatic rings. The van der Waals surface area contributed by atoms with Crippen LogP contribution in [0.2, 0.25) is 0 Å². The fourth-order valence-corrected chi connectivity index (χ4v) is 1.31. The van der Waals surface area contributed by atoms with E-state index in [0.29, 0.717) is 0 Å². The molecule has 0 bridgehead atoms. The van der Waals surface area contributed by atoms with Crippen LogP contribution in [0, 0.1) is 0 Å². The molecule has 0 spiro atoms. The Morgan fingerprint density at radius 2 is 2.05 bits per heavy atom. The van der Waals surface area contributed by atoms with Gasteiger partial charge in [0.05, 0.1) is 18.4 Å². The Labute approximate surface area is 111 Å². The van der Waals surface area contributed by atoms with Gasteiger partial charge in [0.25, 0.3) is 0 Å². The SMILES string of the molecule is C/C=C/C=C/C(=O)Nc1ccc(C(=O)OC)cc1O. The number of hydrogen-bond acceptors (Lipinski definition) is 4. The zero-order valence-corrected chi connectivity index (χ0v) is 10.7. The van der Waals surface area contributed by atoms with Crippen molar-refractivity contribution in [1.82, 2.24) is 0 Å². The molecular weight excluding hydrogens is 246 g/mol. The van der Waals surface area contributed by atoms with Gasteiger partial charge in [-0.25, -0.2) is 4.79 Å². The van der Waals surface area contributed by atoms with E-state index in [-0.39, 0.29) is 22.9 Å². The Kier molecular flexibility index (Phi) is 5.35. The monoisotopic (exact) mass is 261 g/mol. The van der Waals surface area contributed by atoms with Crippen LogP contribution >= 0.6 is 0 Å². The average molecular weight is 261 g/mol. The van der Waals surface area contributed by atoms with Crippen LogP contribution in [0.1, 0.15) is 17.3 Å². The molecule has 100 valence electrons. The van der Waals surface area contributed by atoms with Crippen LogP contribution in [0.5, 0.6) is 5.75 Å². The lowest BCUT2D eigenvalue weighted by atomic mass is 10.2. The van der Waals surface area contributed by atoms with E-state index in [2.05, 4.69) is 10.1 Å². The molecule has 1 amide bonds. The average Bonchev–Trinajstić information content (AvgIpc) is 2.40. The summed E-state index contributed by atoms with van der Waals surface area (Å²) in [6.45, 7) is 1.83. The summed E-state index contributed by atoms with van der Waals surface area (Å²) in [6.07, 6.45) is 6.40. The van der Waals surface area contributed by atoms with Gasteiger partial charge < -0.3 is 15.2 Å². The summed E-state index contributed by atoms with van der Waals surface area (Å²) in [5.74, 6) is -1.13. The van der Waals surface area contributed by atoms with Gasteiger partial charge in [-0.3, -0.25) is 4.79 Å². The number of amides is 1. The third-order valence-corrected chi connectivity index (χ3v) is 2.23. The molecule has 0 aliphatic carbocycles. The number of carbonyl (C=O) groups is 2. The first kappa shape index (κ1) is 14.5. The number of rotatable bonds is 4. The number of carbonyl (C=O) groups excluding carboxylic acids is 2. The molecule has 2 N–H and O–H groups in total. The van der Waals surface area contributed by atoms with Crippen LogP contribution in [0.15, 0.2) is 42.5 Å². The molecule has 1 aromatic carbocycles. The molecule has 19 heavy (non-hydrogen) atoms. The largest absolute Gasteiger partial charge is 0.506 e. The molecular formula is C14H15NO4. The number of ether oxygens (including phenoxy) is 1. The number of hydrogen-bond donors (Lipinski definition) is 2. The van der Waals surface area contributed by atoms with Crippen LogP contribution < -0.4 is 5.32 Å². The number of nitrogens with one attached hydrogen (secondary N) is 1. The highest BCUT2D eigenvalue weighted by atomic mass is 16.5. The minimum Gasteiger partial charge on any atom is -0.506 e. The van der Waals surface area contributed by atoms with Crippen molar-refractivity contribution >= 4 is 17.6 Å². The van der Waals surface area contributed by atoms with Gasteiger partial charge in [-0.15, -0.1) is 0 Å². The number of allylic oxidation sites excluding steroid dienone is 3. The normalized spacial score (nSPS) is 10.8.